The van der Waals surface area contributed by atoms with Gasteiger partial charge in [0.15, 0.2) is 5.78 Å². The third kappa shape index (κ3) is 52.5. The highest BCUT2D eigenvalue weighted by atomic mass is 79.9. The zero-order chi connectivity index (χ0) is 84.2. The molecule has 1 aliphatic rings. The fraction of sp³-hybridized carbons (Fsp3) is 0.500. The van der Waals surface area contributed by atoms with Crippen LogP contribution in [0.15, 0.2) is 144 Å². The van der Waals surface area contributed by atoms with Crippen LogP contribution < -0.4 is 0 Å². The molecule has 28 heteroatoms. The zero-order valence-electron chi connectivity index (χ0n) is 64.4. The van der Waals surface area contributed by atoms with Gasteiger partial charge in [-0.3, -0.25) is 67.9 Å². The van der Waals surface area contributed by atoms with E-state index in [-0.39, 0.29) is 12.3 Å². The maximum atomic E-state index is 12.8. The molecule has 0 fully saturated rings. The number of carbonyl (C=O) groups is 2. The first kappa shape index (κ1) is 122. The Balaban J connectivity index is -0.000000105. The summed E-state index contributed by atoms with van der Waals surface area (Å²) < 4.78 is 44.2. The Morgan fingerprint density at radius 1 is 0.462 bits per heavy atom. The van der Waals surface area contributed by atoms with Gasteiger partial charge in [0.1, 0.15) is 6.61 Å². The van der Waals surface area contributed by atoms with Gasteiger partial charge in [0.25, 0.3) is 0 Å². The van der Waals surface area contributed by atoms with E-state index in [0.29, 0.717) is 44.0 Å². The van der Waals surface area contributed by atoms with Gasteiger partial charge in [-0.25, -0.2) is 4.79 Å². The van der Waals surface area contributed by atoms with E-state index in [0.717, 1.165) is 67.0 Å². The molecule has 5 unspecified atom stereocenters. The van der Waals surface area contributed by atoms with E-state index in [1.54, 1.807) is 53.9 Å². The summed E-state index contributed by atoms with van der Waals surface area (Å²) in [6, 6.07) is 44.8. The van der Waals surface area contributed by atoms with Crippen molar-refractivity contribution in [3.63, 3.8) is 0 Å². The molecule has 104 heavy (non-hydrogen) atoms. The summed E-state index contributed by atoms with van der Waals surface area (Å²) >= 11 is 15.1. The van der Waals surface area contributed by atoms with E-state index in [1.807, 2.05) is 32.0 Å². The van der Waals surface area contributed by atoms with Gasteiger partial charge in [-0.15, -0.1) is 0 Å². The number of aliphatic hydroxyl groups excluding tert-OH is 7. The molecule has 6 aromatic rings. The van der Waals surface area contributed by atoms with Gasteiger partial charge < -0.3 is 40.5 Å². The van der Waals surface area contributed by atoms with Crippen LogP contribution in [0.3, 0.4) is 0 Å². The van der Waals surface area contributed by atoms with Crippen LogP contribution in [0.1, 0.15) is 230 Å². The number of benzene rings is 6. The average molecular weight is 1600 g/mol. The van der Waals surface area contributed by atoms with E-state index in [4.69, 9.17) is 122 Å². The molecule has 0 saturated heterocycles. The molecule has 19 N–H and O–H groups in total. The summed E-state index contributed by atoms with van der Waals surface area (Å²) in [4.78, 5) is 23.1. The molecule has 6 aromatic carbocycles. The average Bonchev–Trinajstić information content (AvgIpc) is 0.783. The Bertz CT molecular complexity index is 2770. The number of aliphatic hydroxyl groups is 7. The lowest BCUT2D eigenvalue weighted by Crippen LogP contribution is -2.38. The second-order valence-electron chi connectivity index (χ2n) is 21.7. The van der Waals surface area contributed by atoms with Crippen LogP contribution in [0.4, 0.5) is 13.2 Å². The molecular weight excluding hydrogens is 1470 g/mol. The molecule has 22 nitrogen and oxygen atoms in total. The number of fused-ring (bicyclic) bond motifs is 1. The standard InChI is InChI=1S/C14H18O4.C14H20.C11H13F3.C11H16.C10H13Br.C10H12Cl2.6CH4O.6H2O2/c1-4-9(2)10-5-11(13(16)8-15)7-12(6-10)14(17)18-3;1-3-11(2)13-10-6-8-12-7-4-5-9-14(12)13;1-3-10(2,11(12,13)14)9-7-5-4-6-8-9;1-4-11(2,3)10-8-6-5-7-9-10;1-3-8(2)9-5-4-6-10(11)7-9;1-3-7(2)8-4-5-9(11)10(12)6-8;12*1-2/h5-7,9,15H,4,8H2,1-3H3;6,8,10-11H,3-5,7,9H2,1-2H3;4-8H,3H2,1-2H3;5-9H,4H2,1-3H3;4-8H,3H2,1-2H3;4-7H,3H2,1-2H3;6*2H,1H3;6*1-2H. The minimum Gasteiger partial charge on any atom is -0.465 e. The number of Topliss-reactive ketones (excluding diaryl/α,β-unsaturated/α-hetero) is 1. The molecule has 0 radical (unpaired) electrons. The van der Waals surface area contributed by atoms with Crippen LogP contribution >= 0.6 is 39.1 Å². The highest BCUT2D eigenvalue weighted by Gasteiger charge is 2.50. The molecule has 0 spiro atoms. The molecule has 5 atom stereocenters. The number of carbonyl (C=O) groups excluding carboxylic acids is 2. The normalized spacial score (nSPS) is 11.4. The first-order valence-electron chi connectivity index (χ1n) is 32.6. The van der Waals surface area contributed by atoms with E-state index >= 15 is 0 Å². The van der Waals surface area contributed by atoms with Gasteiger partial charge in [-0.05, 0) is 187 Å². The Labute approximate surface area is 634 Å². The van der Waals surface area contributed by atoms with Crippen molar-refractivity contribution in [2.24, 2.45) is 0 Å². The highest BCUT2D eigenvalue weighted by Crippen LogP contribution is 2.43. The summed E-state index contributed by atoms with van der Waals surface area (Å²) in [5.41, 5.74) is 9.54. The molecule has 0 aliphatic heterocycles. The lowest BCUT2D eigenvalue weighted by atomic mass is 9.79. The molecule has 7 rings (SSSR count). The van der Waals surface area contributed by atoms with E-state index in [9.17, 15) is 22.8 Å². The van der Waals surface area contributed by atoms with Crippen LogP contribution in [-0.2, 0) is 28.4 Å². The Hall–Kier alpha value is -5.45. The number of hydrogen-bond acceptors (Lipinski definition) is 22. The maximum absolute atomic E-state index is 12.8. The quantitative estimate of drug-likeness (QED) is 0.0196. The number of ketones is 1. The predicted molar refractivity (Wildman–Crippen MR) is 418 cm³/mol. The van der Waals surface area contributed by atoms with Crippen molar-refractivity contribution in [2.45, 2.75) is 195 Å². The van der Waals surface area contributed by atoms with Crippen molar-refractivity contribution in [3.8, 4) is 0 Å². The van der Waals surface area contributed by atoms with Crippen LogP contribution in [0.25, 0.3) is 0 Å². The Morgan fingerprint density at radius 3 is 1.23 bits per heavy atom. The first-order chi connectivity index (χ1) is 49.8. The smallest absolute Gasteiger partial charge is 0.398 e. The molecule has 0 saturated carbocycles. The number of alkyl halides is 3. The monoisotopic (exact) mass is 1600 g/mol. The summed E-state index contributed by atoms with van der Waals surface area (Å²) in [5, 5.41) is 124. The largest absolute Gasteiger partial charge is 0.465 e. The minimum absolute atomic E-state index is 0.0561. The van der Waals surface area contributed by atoms with Crippen molar-refractivity contribution in [1.82, 2.24) is 0 Å². The third-order valence-corrected chi connectivity index (χ3v) is 17.2. The van der Waals surface area contributed by atoms with Crippen molar-refractivity contribution < 1.29 is 126 Å². The van der Waals surface area contributed by atoms with Gasteiger partial charge >= 0.3 is 12.1 Å². The van der Waals surface area contributed by atoms with Crippen molar-refractivity contribution in [1.29, 1.82) is 0 Å². The second kappa shape index (κ2) is 83.2. The predicted octanol–water partition coefficient (Wildman–Crippen LogP) is 19.8. The molecule has 0 amide bonds. The lowest BCUT2D eigenvalue weighted by Gasteiger charge is -2.31. The van der Waals surface area contributed by atoms with Crippen LogP contribution in [-0.4, -0.2) is 173 Å². The van der Waals surface area contributed by atoms with Crippen LogP contribution in [0, 0.1) is 0 Å². The van der Waals surface area contributed by atoms with Crippen molar-refractivity contribution >= 4 is 50.9 Å². The van der Waals surface area contributed by atoms with E-state index in [1.165, 1.54) is 98.3 Å². The number of esters is 1. The number of rotatable bonds is 15. The zero-order valence-corrected chi connectivity index (χ0v) is 67.5. The molecule has 0 heterocycles. The number of halogens is 6. The van der Waals surface area contributed by atoms with Crippen LogP contribution in [0.2, 0.25) is 10.0 Å². The first-order valence-corrected chi connectivity index (χ1v) is 34.1. The molecule has 0 aromatic heterocycles. The number of aryl methyl sites for hydroxylation is 1. The van der Waals surface area contributed by atoms with Crippen molar-refractivity contribution in [2.75, 3.05) is 56.4 Å². The van der Waals surface area contributed by atoms with E-state index in [2.05, 4.69) is 156 Å². The Morgan fingerprint density at radius 2 is 0.856 bits per heavy atom. The topological polar surface area (TPSA) is 428 Å². The highest BCUT2D eigenvalue weighted by molar-refractivity contribution is 9.10. The molecule has 606 valence electrons. The van der Waals surface area contributed by atoms with Crippen LogP contribution in [0.5, 0.6) is 0 Å². The maximum Gasteiger partial charge on any atom is 0.398 e. The fourth-order valence-electron chi connectivity index (χ4n) is 8.72. The SMILES string of the molecule is CCC(C)(C)c1ccccc1.CCC(C)(c1ccccc1)C(F)(F)F.CCC(C)c1cc(C(=O)CO)cc(C(=O)OC)c1.CCC(C)c1ccc(Cl)c(Cl)c1.CCC(C)c1cccc(Br)c1.CCC(C)c1cccc2c1CCCC2.CO.CO.CO.CO.CO.CO.OO.OO.OO.OO.OO.OO. The fourth-order valence-corrected chi connectivity index (χ4v) is 9.45. The van der Waals surface area contributed by atoms with Gasteiger partial charge in [-0.2, -0.15) is 13.2 Å². The lowest BCUT2D eigenvalue weighted by molar-refractivity contribution is -0.186. The number of hydrogen-bond donors (Lipinski definition) is 19. The summed E-state index contributed by atoms with van der Waals surface area (Å²) in [5.74, 6) is 1.33. The summed E-state index contributed by atoms with van der Waals surface area (Å²) in [7, 11) is 7.30. The van der Waals surface area contributed by atoms with Gasteiger partial charge in [-0.1, -0.05) is 219 Å². The summed E-state index contributed by atoms with van der Waals surface area (Å²) in [6.45, 7) is 26.5. The third-order valence-electron chi connectivity index (χ3n) is 15.9. The van der Waals surface area contributed by atoms with Crippen molar-refractivity contribution in [3.05, 3.63) is 210 Å². The minimum atomic E-state index is -4.19. The summed E-state index contributed by atoms with van der Waals surface area (Å²) in [6.07, 6.45) is 6.94. The van der Waals surface area contributed by atoms with E-state index < -0.39 is 30.0 Å². The molecule has 0 bridgehead atoms. The second-order valence-corrected chi connectivity index (χ2v) is 23.5. The molecule has 1 aliphatic carbocycles. The number of ether oxygens (including phenoxy) is 1. The van der Waals surface area contributed by atoms with Gasteiger partial charge in [0, 0.05) is 52.7 Å². The Kier molecular flexibility index (Phi) is 97.9. The van der Waals surface area contributed by atoms with Gasteiger partial charge in [0.2, 0.25) is 0 Å². The molecular formula is C76H128BrCl2F3O22. The van der Waals surface area contributed by atoms with Gasteiger partial charge in [0.05, 0.1) is 28.1 Å². The number of methoxy groups -OCH3 is 1.